The Morgan fingerprint density at radius 1 is 1.29 bits per heavy atom. The SMILES string of the molecule is Cc1ncn(-c2ccc(NF)cc2)n1. The molecule has 14 heavy (non-hydrogen) atoms. The maximum absolute atomic E-state index is 12.0. The van der Waals surface area contributed by atoms with Crippen molar-refractivity contribution in [1.82, 2.24) is 14.8 Å². The molecule has 0 atom stereocenters. The van der Waals surface area contributed by atoms with Gasteiger partial charge >= 0.3 is 0 Å². The van der Waals surface area contributed by atoms with Gasteiger partial charge in [-0.25, -0.2) is 15.2 Å². The maximum Gasteiger partial charge on any atom is 0.147 e. The van der Waals surface area contributed by atoms with E-state index < -0.39 is 0 Å². The fourth-order valence-corrected chi connectivity index (χ4v) is 1.15. The van der Waals surface area contributed by atoms with Gasteiger partial charge in [0.2, 0.25) is 0 Å². The molecule has 1 aromatic heterocycles. The lowest BCUT2D eigenvalue weighted by molar-refractivity contribution is 0.617. The molecule has 0 saturated heterocycles. The largest absolute Gasteiger partial charge is 0.225 e. The smallest absolute Gasteiger partial charge is 0.147 e. The van der Waals surface area contributed by atoms with Crippen molar-refractivity contribution < 1.29 is 4.48 Å². The average molecular weight is 192 g/mol. The molecule has 2 rings (SSSR count). The first-order chi connectivity index (χ1) is 6.79. The van der Waals surface area contributed by atoms with Crippen LogP contribution in [0.1, 0.15) is 5.82 Å². The van der Waals surface area contributed by atoms with E-state index in [1.54, 1.807) is 40.8 Å². The average Bonchev–Trinajstić information content (AvgIpc) is 2.65. The summed E-state index contributed by atoms with van der Waals surface area (Å²) >= 11 is 0. The Morgan fingerprint density at radius 2 is 2.00 bits per heavy atom. The van der Waals surface area contributed by atoms with Gasteiger partial charge in [0.25, 0.3) is 0 Å². The molecular formula is C9H9FN4. The number of benzene rings is 1. The Kier molecular flexibility index (Phi) is 2.14. The van der Waals surface area contributed by atoms with Crippen LogP contribution in [0.5, 0.6) is 0 Å². The molecule has 0 amide bonds. The summed E-state index contributed by atoms with van der Waals surface area (Å²) in [5.41, 5.74) is 2.84. The third-order valence-electron chi connectivity index (χ3n) is 1.85. The first-order valence-corrected chi connectivity index (χ1v) is 4.15. The molecule has 2 aromatic rings. The van der Waals surface area contributed by atoms with Crippen molar-refractivity contribution in [2.45, 2.75) is 6.92 Å². The van der Waals surface area contributed by atoms with E-state index >= 15 is 0 Å². The van der Waals surface area contributed by atoms with Gasteiger partial charge in [-0.3, -0.25) is 0 Å². The highest BCUT2D eigenvalue weighted by atomic mass is 19.2. The summed E-state index contributed by atoms with van der Waals surface area (Å²) < 4.78 is 13.6. The van der Waals surface area contributed by atoms with Crippen molar-refractivity contribution in [3.63, 3.8) is 0 Å². The number of nitrogens with zero attached hydrogens (tertiary/aromatic N) is 3. The molecule has 0 unspecified atom stereocenters. The number of nitrogens with one attached hydrogen (secondary N) is 1. The number of aryl methyl sites for hydroxylation is 1. The predicted molar refractivity (Wildman–Crippen MR) is 50.8 cm³/mol. The number of halogens is 1. The van der Waals surface area contributed by atoms with Crippen LogP contribution in [0.15, 0.2) is 30.6 Å². The molecule has 5 heteroatoms. The summed E-state index contributed by atoms with van der Waals surface area (Å²) in [5, 5.41) is 4.13. The summed E-state index contributed by atoms with van der Waals surface area (Å²) in [7, 11) is 0. The third kappa shape index (κ3) is 1.56. The lowest BCUT2D eigenvalue weighted by Crippen LogP contribution is -1.94. The molecule has 4 nitrogen and oxygen atoms in total. The molecule has 0 fully saturated rings. The van der Waals surface area contributed by atoms with Gasteiger partial charge in [-0.15, -0.1) is 4.48 Å². The van der Waals surface area contributed by atoms with E-state index in [1.807, 2.05) is 6.92 Å². The number of rotatable bonds is 2. The number of anilines is 1. The van der Waals surface area contributed by atoms with Gasteiger partial charge in [0.05, 0.1) is 11.4 Å². The number of hydrogen-bond donors (Lipinski definition) is 1. The topological polar surface area (TPSA) is 42.7 Å². The molecule has 1 heterocycles. The fraction of sp³-hybridized carbons (Fsp3) is 0.111. The van der Waals surface area contributed by atoms with Crippen molar-refractivity contribution in [3.8, 4) is 5.69 Å². The van der Waals surface area contributed by atoms with Crippen molar-refractivity contribution >= 4 is 5.69 Å². The van der Waals surface area contributed by atoms with Gasteiger partial charge < -0.3 is 0 Å². The standard InChI is InChI=1S/C9H9FN4/c1-7-11-6-14(13-7)9-4-2-8(12-10)3-5-9/h2-6,12H,1H3. The minimum atomic E-state index is 0.422. The van der Waals surface area contributed by atoms with Crippen LogP contribution in [-0.2, 0) is 0 Å². The zero-order valence-electron chi connectivity index (χ0n) is 7.61. The van der Waals surface area contributed by atoms with Gasteiger partial charge in [0, 0.05) is 0 Å². The van der Waals surface area contributed by atoms with E-state index in [-0.39, 0.29) is 0 Å². The first kappa shape index (κ1) is 8.68. The van der Waals surface area contributed by atoms with Gasteiger partial charge in [-0.1, -0.05) is 0 Å². The van der Waals surface area contributed by atoms with Crippen LogP contribution in [0.25, 0.3) is 5.69 Å². The highest BCUT2D eigenvalue weighted by Gasteiger charge is 1.98. The Bertz CT molecular complexity index is 421. The van der Waals surface area contributed by atoms with Crippen LogP contribution in [0.2, 0.25) is 0 Å². The quantitative estimate of drug-likeness (QED) is 0.738. The second-order valence-corrected chi connectivity index (χ2v) is 2.88. The summed E-state index contributed by atoms with van der Waals surface area (Å²) in [6.45, 7) is 1.81. The Balaban J connectivity index is 2.33. The minimum absolute atomic E-state index is 0.422. The number of aromatic nitrogens is 3. The summed E-state index contributed by atoms with van der Waals surface area (Å²) in [5.74, 6) is 0.706. The summed E-state index contributed by atoms with van der Waals surface area (Å²) in [4.78, 5) is 4.00. The van der Waals surface area contributed by atoms with Crippen molar-refractivity contribution in [2.75, 3.05) is 5.54 Å². The zero-order chi connectivity index (χ0) is 9.97. The van der Waals surface area contributed by atoms with E-state index in [9.17, 15) is 4.48 Å². The molecular weight excluding hydrogens is 183 g/mol. The first-order valence-electron chi connectivity index (χ1n) is 4.15. The van der Waals surface area contributed by atoms with Crippen LogP contribution in [0, 0.1) is 6.92 Å². The van der Waals surface area contributed by atoms with Crippen LogP contribution in [-0.4, -0.2) is 14.8 Å². The van der Waals surface area contributed by atoms with E-state index in [4.69, 9.17) is 0 Å². The third-order valence-corrected chi connectivity index (χ3v) is 1.85. The van der Waals surface area contributed by atoms with Crippen molar-refractivity contribution in [3.05, 3.63) is 36.4 Å². The molecule has 72 valence electrons. The molecule has 0 bridgehead atoms. The molecule has 0 radical (unpaired) electrons. The van der Waals surface area contributed by atoms with Gasteiger partial charge in [0.15, 0.2) is 0 Å². The Morgan fingerprint density at radius 3 is 2.50 bits per heavy atom. The van der Waals surface area contributed by atoms with Crippen LogP contribution >= 0.6 is 0 Å². The molecule has 0 aliphatic carbocycles. The van der Waals surface area contributed by atoms with Crippen LogP contribution in [0.4, 0.5) is 10.2 Å². The van der Waals surface area contributed by atoms with Crippen molar-refractivity contribution in [2.24, 2.45) is 0 Å². The summed E-state index contributed by atoms with van der Waals surface area (Å²) in [6, 6.07) is 6.78. The normalized spacial score (nSPS) is 10.1. The van der Waals surface area contributed by atoms with E-state index in [2.05, 4.69) is 10.1 Å². The second kappa shape index (κ2) is 3.45. The number of hydrogen-bond acceptors (Lipinski definition) is 3. The lowest BCUT2D eigenvalue weighted by atomic mass is 10.3. The van der Waals surface area contributed by atoms with Crippen molar-refractivity contribution in [1.29, 1.82) is 0 Å². The Hall–Kier alpha value is -1.91. The van der Waals surface area contributed by atoms with Gasteiger partial charge in [-0.05, 0) is 31.2 Å². The molecule has 0 saturated carbocycles. The van der Waals surface area contributed by atoms with E-state index in [1.165, 1.54) is 0 Å². The fourth-order valence-electron chi connectivity index (χ4n) is 1.15. The monoisotopic (exact) mass is 192 g/mol. The lowest BCUT2D eigenvalue weighted by Gasteiger charge is -2.00. The maximum atomic E-state index is 12.0. The second-order valence-electron chi connectivity index (χ2n) is 2.88. The van der Waals surface area contributed by atoms with Crippen LogP contribution in [0.3, 0.4) is 0 Å². The molecule has 0 aliphatic rings. The molecule has 1 aromatic carbocycles. The highest BCUT2D eigenvalue weighted by molar-refractivity contribution is 5.46. The predicted octanol–water partition coefficient (Wildman–Crippen LogP) is 1.87. The van der Waals surface area contributed by atoms with E-state index in [0.717, 1.165) is 5.69 Å². The summed E-state index contributed by atoms with van der Waals surface area (Å²) in [6.07, 6.45) is 1.62. The van der Waals surface area contributed by atoms with Gasteiger partial charge in [-0.2, -0.15) is 5.10 Å². The highest BCUT2D eigenvalue weighted by Crippen LogP contribution is 2.12. The molecule has 0 spiro atoms. The van der Waals surface area contributed by atoms with E-state index in [0.29, 0.717) is 11.5 Å². The minimum Gasteiger partial charge on any atom is -0.225 e. The van der Waals surface area contributed by atoms with Crippen LogP contribution < -0.4 is 5.54 Å². The van der Waals surface area contributed by atoms with Gasteiger partial charge in [0.1, 0.15) is 12.2 Å². The Labute approximate surface area is 80.3 Å². The molecule has 1 N–H and O–H groups in total. The zero-order valence-corrected chi connectivity index (χ0v) is 7.61. The molecule has 0 aliphatic heterocycles.